The molecule has 0 radical (unpaired) electrons. The number of hydrogen-bond acceptors (Lipinski definition) is 5. The summed E-state index contributed by atoms with van der Waals surface area (Å²) in [5, 5.41) is 2.91. The highest BCUT2D eigenvalue weighted by atomic mass is 16.5. The molecular weight excluding hydrogens is 345 g/mol. The minimum atomic E-state index is -0.390. The SMILES string of the molecule is CBc1c(C)c(C(=O)NCc2ccc(C(=O)OC)cc2)cc(OC)c1OC. The number of amides is 1. The van der Waals surface area contributed by atoms with Gasteiger partial charge < -0.3 is 19.5 Å². The predicted molar refractivity (Wildman–Crippen MR) is 106 cm³/mol. The summed E-state index contributed by atoms with van der Waals surface area (Å²) < 4.78 is 15.5. The van der Waals surface area contributed by atoms with E-state index >= 15 is 0 Å². The van der Waals surface area contributed by atoms with Crippen LogP contribution < -0.4 is 20.3 Å². The molecule has 0 spiro atoms. The second-order valence-electron chi connectivity index (χ2n) is 5.99. The summed E-state index contributed by atoms with van der Waals surface area (Å²) in [6.45, 7) is 4.26. The molecule has 0 heterocycles. The molecule has 1 N–H and O–H groups in total. The molecule has 0 aliphatic carbocycles. The highest BCUT2D eigenvalue weighted by molar-refractivity contribution is 6.54. The number of rotatable bonds is 7. The maximum absolute atomic E-state index is 12.7. The minimum Gasteiger partial charge on any atom is -0.493 e. The van der Waals surface area contributed by atoms with Crippen LogP contribution in [0.25, 0.3) is 0 Å². The van der Waals surface area contributed by atoms with Gasteiger partial charge >= 0.3 is 5.97 Å². The second-order valence-corrected chi connectivity index (χ2v) is 5.99. The lowest BCUT2D eigenvalue weighted by Crippen LogP contribution is -2.28. The van der Waals surface area contributed by atoms with Gasteiger partial charge in [0.2, 0.25) is 0 Å². The minimum absolute atomic E-state index is 0.194. The van der Waals surface area contributed by atoms with Gasteiger partial charge in [-0.2, -0.15) is 0 Å². The van der Waals surface area contributed by atoms with Crippen LogP contribution in [0, 0.1) is 6.92 Å². The van der Waals surface area contributed by atoms with Crippen LogP contribution in [0.15, 0.2) is 30.3 Å². The molecular formula is C20H24BNO5. The molecule has 2 rings (SSSR count). The number of nitrogens with one attached hydrogen (secondary N) is 1. The van der Waals surface area contributed by atoms with E-state index in [9.17, 15) is 9.59 Å². The zero-order chi connectivity index (χ0) is 20.0. The molecule has 0 aliphatic rings. The van der Waals surface area contributed by atoms with E-state index in [2.05, 4.69) is 10.1 Å². The summed E-state index contributed by atoms with van der Waals surface area (Å²) in [7, 11) is 5.21. The first-order chi connectivity index (χ1) is 13.0. The van der Waals surface area contributed by atoms with E-state index in [1.807, 2.05) is 13.7 Å². The van der Waals surface area contributed by atoms with Gasteiger partial charge in [0.25, 0.3) is 5.91 Å². The van der Waals surface area contributed by atoms with Crippen molar-refractivity contribution in [2.24, 2.45) is 0 Å². The number of benzene rings is 2. The van der Waals surface area contributed by atoms with E-state index in [0.717, 1.165) is 23.9 Å². The van der Waals surface area contributed by atoms with Gasteiger partial charge in [-0.15, -0.1) is 0 Å². The first-order valence-electron chi connectivity index (χ1n) is 8.66. The van der Waals surface area contributed by atoms with Gasteiger partial charge in [-0.25, -0.2) is 4.79 Å². The molecule has 0 atom stereocenters. The molecule has 0 fully saturated rings. The first kappa shape index (κ1) is 20.4. The van der Waals surface area contributed by atoms with Crippen molar-refractivity contribution in [3.05, 3.63) is 52.6 Å². The van der Waals surface area contributed by atoms with E-state index in [4.69, 9.17) is 9.47 Å². The Balaban J connectivity index is 2.19. The lowest BCUT2D eigenvalue weighted by Gasteiger charge is -2.18. The van der Waals surface area contributed by atoms with Crippen LogP contribution in [-0.2, 0) is 11.3 Å². The number of carbonyl (C=O) groups excluding carboxylic acids is 2. The van der Waals surface area contributed by atoms with E-state index < -0.39 is 5.97 Å². The molecule has 27 heavy (non-hydrogen) atoms. The van der Waals surface area contributed by atoms with Crippen LogP contribution in [0.4, 0.5) is 0 Å². The quantitative estimate of drug-likeness (QED) is 0.596. The first-order valence-corrected chi connectivity index (χ1v) is 8.66. The van der Waals surface area contributed by atoms with Crippen LogP contribution in [0.5, 0.6) is 11.5 Å². The fourth-order valence-corrected chi connectivity index (χ4v) is 2.98. The largest absolute Gasteiger partial charge is 0.493 e. The lowest BCUT2D eigenvalue weighted by atomic mass is 9.69. The topological polar surface area (TPSA) is 73.9 Å². The third-order valence-electron chi connectivity index (χ3n) is 4.48. The molecule has 0 saturated heterocycles. The lowest BCUT2D eigenvalue weighted by molar-refractivity contribution is 0.0600. The Kier molecular flexibility index (Phi) is 6.88. The fraction of sp³-hybridized carbons (Fsp3) is 0.300. The molecule has 7 heteroatoms. The van der Waals surface area contributed by atoms with Crippen LogP contribution in [0.1, 0.15) is 31.8 Å². The zero-order valence-electron chi connectivity index (χ0n) is 16.3. The van der Waals surface area contributed by atoms with Crippen molar-refractivity contribution in [1.29, 1.82) is 0 Å². The molecule has 1 amide bonds. The molecule has 0 bridgehead atoms. The van der Waals surface area contributed by atoms with Crippen LogP contribution in [0.2, 0.25) is 6.82 Å². The van der Waals surface area contributed by atoms with Gasteiger partial charge in [0.05, 0.1) is 26.9 Å². The summed E-state index contributed by atoms with van der Waals surface area (Å²) >= 11 is 0. The number of carbonyl (C=O) groups is 2. The smallest absolute Gasteiger partial charge is 0.337 e. The molecule has 0 saturated carbocycles. The molecule has 2 aromatic carbocycles. The molecule has 142 valence electrons. The summed E-state index contributed by atoms with van der Waals surface area (Å²) in [5.41, 5.74) is 3.72. The summed E-state index contributed by atoms with van der Waals surface area (Å²) in [5.74, 6) is 0.610. The second kappa shape index (κ2) is 9.12. The average Bonchev–Trinajstić information content (AvgIpc) is 2.71. The highest BCUT2D eigenvalue weighted by Crippen LogP contribution is 2.28. The van der Waals surface area contributed by atoms with Crippen molar-refractivity contribution in [3.8, 4) is 11.5 Å². The Morgan fingerprint density at radius 3 is 2.26 bits per heavy atom. The molecule has 2 aromatic rings. The molecule has 0 unspecified atom stereocenters. The van der Waals surface area contributed by atoms with Gasteiger partial charge in [-0.3, -0.25) is 4.79 Å². The zero-order valence-corrected chi connectivity index (χ0v) is 16.3. The Bertz CT molecular complexity index is 833. The molecule has 0 aromatic heterocycles. The van der Waals surface area contributed by atoms with Crippen molar-refractivity contribution in [1.82, 2.24) is 5.32 Å². The van der Waals surface area contributed by atoms with Gasteiger partial charge in [0.1, 0.15) is 0 Å². The Hall–Kier alpha value is -2.96. The molecule has 0 aliphatic heterocycles. The third kappa shape index (κ3) is 4.42. The number of esters is 1. The number of methoxy groups -OCH3 is 3. The summed E-state index contributed by atoms with van der Waals surface area (Å²) in [4.78, 5) is 24.2. The van der Waals surface area contributed by atoms with E-state index in [0.29, 0.717) is 29.2 Å². The normalized spacial score (nSPS) is 10.1. The molecule has 6 nitrogen and oxygen atoms in total. The third-order valence-corrected chi connectivity index (χ3v) is 4.48. The van der Waals surface area contributed by atoms with Crippen molar-refractivity contribution in [2.45, 2.75) is 20.3 Å². The maximum atomic E-state index is 12.7. The van der Waals surface area contributed by atoms with Crippen molar-refractivity contribution in [3.63, 3.8) is 0 Å². The fourth-order valence-electron chi connectivity index (χ4n) is 2.98. The average molecular weight is 369 g/mol. The van der Waals surface area contributed by atoms with Crippen LogP contribution in [-0.4, -0.2) is 40.5 Å². The van der Waals surface area contributed by atoms with Crippen LogP contribution >= 0.6 is 0 Å². The van der Waals surface area contributed by atoms with Crippen molar-refractivity contribution in [2.75, 3.05) is 21.3 Å². The van der Waals surface area contributed by atoms with Gasteiger partial charge in [0.15, 0.2) is 18.8 Å². The van der Waals surface area contributed by atoms with E-state index in [1.165, 1.54) is 7.11 Å². The van der Waals surface area contributed by atoms with E-state index in [1.54, 1.807) is 44.6 Å². The monoisotopic (exact) mass is 369 g/mol. The predicted octanol–water partition coefficient (Wildman–Crippen LogP) is 1.84. The Morgan fingerprint density at radius 2 is 1.74 bits per heavy atom. The van der Waals surface area contributed by atoms with Gasteiger partial charge in [-0.1, -0.05) is 19.0 Å². The summed E-state index contributed by atoms with van der Waals surface area (Å²) in [6, 6.07) is 8.61. The standard InChI is InChI=1S/C20H24BNO5/c1-12-15(10-16(25-3)18(26-4)17(12)21-2)19(23)22-11-13-6-8-14(9-7-13)20(24)27-5/h6-10,21H,11H2,1-5H3,(H,22,23). The number of hydrogen-bond donors (Lipinski definition) is 1. The summed E-state index contributed by atoms with van der Waals surface area (Å²) in [6.07, 6.45) is 0. The van der Waals surface area contributed by atoms with Crippen molar-refractivity contribution < 1.29 is 23.8 Å². The van der Waals surface area contributed by atoms with Gasteiger partial charge in [0, 0.05) is 12.1 Å². The number of ether oxygens (including phenoxy) is 3. The van der Waals surface area contributed by atoms with Crippen LogP contribution in [0.3, 0.4) is 0 Å². The van der Waals surface area contributed by atoms with Crippen molar-refractivity contribution >= 4 is 24.6 Å². The van der Waals surface area contributed by atoms with E-state index in [-0.39, 0.29) is 5.91 Å². The Labute approximate surface area is 160 Å². The van der Waals surface area contributed by atoms with Gasteiger partial charge in [-0.05, 0) is 41.7 Å². The maximum Gasteiger partial charge on any atom is 0.337 e. The Morgan fingerprint density at radius 1 is 1.07 bits per heavy atom. The highest BCUT2D eigenvalue weighted by Gasteiger charge is 2.19.